The first-order valence-corrected chi connectivity index (χ1v) is 5.52. The molecule has 0 spiro atoms. The Bertz CT molecular complexity index is 512. The summed E-state index contributed by atoms with van der Waals surface area (Å²) in [6, 6.07) is 8.34. The van der Waals surface area contributed by atoms with Crippen LogP contribution in [-0.4, -0.2) is 9.78 Å². The van der Waals surface area contributed by atoms with Crippen molar-refractivity contribution in [1.29, 1.82) is 0 Å². The zero-order chi connectivity index (χ0) is 11.7. The predicted octanol–water partition coefficient (Wildman–Crippen LogP) is 2.54. The van der Waals surface area contributed by atoms with Crippen molar-refractivity contribution in [2.45, 2.75) is 20.3 Å². The molecule has 0 aliphatic carbocycles. The summed E-state index contributed by atoms with van der Waals surface area (Å²) in [6.45, 7) is 4.17. The van der Waals surface area contributed by atoms with Gasteiger partial charge in [-0.05, 0) is 18.9 Å². The topological polar surface area (TPSA) is 43.8 Å². The summed E-state index contributed by atoms with van der Waals surface area (Å²) in [5.74, 6) is 0.737. The molecule has 2 N–H and O–H groups in total. The molecule has 0 atom stereocenters. The average molecular weight is 215 g/mol. The third-order valence-corrected chi connectivity index (χ3v) is 2.99. The second-order valence-corrected chi connectivity index (χ2v) is 3.99. The monoisotopic (exact) mass is 215 g/mol. The number of rotatable bonds is 2. The lowest BCUT2D eigenvalue weighted by atomic mass is 10.0. The van der Waals surface area contributed by atoms with Crippen LogP contribution in [-0.2, 0) is 13.5 Å². The third-order valence-electron chi connectivity index (χ3n) is 2.99. The zero-order valence-electron chi connectivity index (χ0n) is 9.99. The van der Waals surface area contributed by atoms with E-state index in [0.29, 0.717) is 0 Å². The smallest absolute Gasteiger partial charge is 0.124 e. The Labute approximate surface area is 95.9 Å². The van der Waals surface area contributed by atoms with Crippen LogP contribution in [0.2, 0.25) is 0 Å². The van der Waals surface area contributed by atoms with Gasteiger partial charge in [-0.2, -0.15) is 5.10 Å². The fraction of sp³-hybridized carbons (Fsp3) is 0.308. The Kier molecular flexibility index (Phi) is 2.69. The molecule has 0 aliphatic heterocycles. The molecular weight excluding hydrogens is 198 g/mol. The molecule has 1 heterocycles. The zero-order valence-corrected chi connectivity index (χ0v) is 9.99. The molecule has 2 rings (SSSR count). The highest BCUT2D eigenvalue weighted by Gasteiger charge is 2.13. The SMILES string of the molecule is CCc1ccccc1-c1nn(C)c(N)c1C. The lowest BCUT2D eigenvalue weighted by Crippen LogP contribution is -1.97. The summed E-state index contributed by atoms with van der Waals surface area (Å²) in [7, 11) is 1.88. The Balaban J connectivity index is 2.63. The van der Waals surface area contributed by atoms with Crippen LogP contribution in [0.5, 0.6) is 0 Å². The van der Waals surface area contributed by atoms with Crippen molar-refractivity contribution in [1.82, 2.24) is 9.78 Å². The molecule has 0 radical (unpaired) electrons. The minimum atomic E-state index is 0.737. The van der Waals surface area contributed by atoms with Crippen LogP contribution in [0.1, 0.15) is 18.1 Å². The van der Waals surface area contributed by atoms with Crippen molar-refractivity contribution in [2.24, 2.45) is 7.05 Å². The van der Waals surface area contributed by atoms with E-state index in [-0.39, 0.29) is 0 Å². The van der Waals surface area contributed by atoms with Gasteiger partial charge in [-0.3, -0.25) is 4.68 Å². The van der Waals surface area contributed by atoms with Crippen molar-refractivity contribution in [2.75, 3.05) is 5.73 Å². The van der Waals surface area contributed by atoms with Crippen LogP contribution in [0.3, 0.4) is 0 Å². The molecule has 1 aromatic carbocycles. The lowest BCUT2D eigenvalue weighted by Gasteiger charge is -2.05. The number of aromatic nitrogens is 2. The quantitative estimate of drug-likeness (QED) is 0.836. The summed E-state index contributed by atoms with van der Waals surface area (Å²) in [4.78, 5) is 0. The first-order chi connectivity index (χ1) is 7.65. The van der Waals surface area contributed by atoms with Crippen molar-refractivity contribution in [3.05, 3.63) is 35.4 Å². The Morgan fingerprint density at radius 3 is 2.56 bits per heavy atom. The second-order valence-electron chi connectivity index (χ2n) is 3.99. The number of anilines is 1. The molecule has 0 aliphatic rings. The molecule has 0 amide bonds. The van der Waals surface area contributed by atoms with E-state index in [1.807, 2.05) is 20.0 Å². The predicted molar refractivity (Wildman–Crippen MR) is 67.2 cm³/mol. The first-order valence-electron chi connectivity index (χ1n) is 5.52. The van der Waals surface area contributed by atoms with Crippen LogP contribution < -0.4 is 5.73 Å². The Morgan fingerprint density at radius 1 is 1.31 bits per heavy atom. The third kappa shape index (κ3) is 1.58. The summed E-state index contributed by atoms with van der Waals surface area (Å²) in [5.41, 5.74) is 10.5. The fourth-order valence-electron chi connectivity index (χ4n) is 1.96. The maximum Gasteiger partial charge on any atom is 0.124 e. The molecule has 16 heavy (non-hydrogen) atoms. The summed E-state index contributed by atoms with van der Waals surface area (Å²) < 4.78 is 1.73. The summed E-state index contributed by atoms with van der Waals surface area (Å²) in [6.07, 6.45) is 1.01. The fourth-order valence-corrected chi connectivity index (χ4v) is 1.96. The summed E-state index contributed by atoms with van der Waals surface area (Å²) in [5, 5.41) is 4.48. The van der Waals surface area contributed by atoms with Gasteiger partial charge in [0.2, 0.25) is 0 Å². The van der Waals surface area contributed by atoms with Gasteiger partial charge in [0.25, 0.3) is 0 Å². The molecule has 0 saturated heterocycles. The van der Waals surface area contributed by atoms with Gasteiger partial charge in [-0.25, -0.2) is 0 Å². The molecule has 0 fully saturated rings. The van der Waals surface area contributed by atoms with E-state index in [0.717, 1.165) is 23.5 Å². The largest absolute Gasteiger partial charge is 0.384 e. The maximum atomic E-state index is 5.93. The van der Waals surface area contributed by atoms with Crippen LogP contribution in [0, 0.1) is 6.92 Å². The normalized spacial score (nSPS) is 10.7. The molecule has 3 heteroatoms. The van der Waals surface area contributed by atoms with Crippen LogP contribution >= 0.6 is 0 Å². The molecule has 84 valence electrons. The van der Waals surface area contributed by atoms with Gasteiger partial charge in [-0.1, -0.05) is 31.2 Å². The van der Waals surface area contributed by atoms with Gasteiger partial charge in [-0.15, -0.1) is 0 Å². The Morgan fingerprint density at radius 2 is 2.00 bits per heavy atom. The van der Waals surface area contributed by atoms with E-state index in [1.54, 1.807) is 4.68 Å². The summed E-state index contributed by atoms with van der Waals surface area (Å²) >= 11 is 0. The molecular formula is C13H17N3. The number of nitrogens with two attached hydrogens (primary N) is 1. The average Bonchev–Trinajstić information content (AvgIpc) is 2.57. The number of hydrogen-bond acceptors (Lipinski definition) is 2. The molecule has 0 saturated carbocycles. The number of nitrogens with zero attached hydrogens (tertiary/aromatic N) is 2. The highest BCUT2D eigenvalue weighted by Crippen LogP contribution is 2.28. The van der Waals surface area contributed by atoms with Gasteiger partial charge in [0.05, 0.1) is 5.69 Å². The van der Waals surface area contributed by atoms with Crippen molar-refractivity contribution in [3.8, 4) is 11.3 Å². The molecule has 0 bridgehead atoms. The van der Waals surface area contributed by atoms with Gasteiger partial charge in [0.15, 0.2) is 0 Å². The number of aryl methyl sites for hydroxylation is 2. The molecule has 1 aromatic heterocycles. The number of hydrogen-bond donors (Lipinski definition) is 1. The van der Waals surface area contributed by atoms with E-state index in [4.69, 9.17) is 5.73 Å². The van der Waals surface area contributed by atoms with E-state index < -0.39 is 0 Å². The maximum absolute atomic E-state index is 5.93. The van der Waals surface area contributed by atoms with Crippen LogP contribution in [0.25, 0.3) is 11.3 Å². The molecule has 0 unspecified atom stereocenters. The van der Waals surface area contributed by atoms with Gasteiger partial charge in [0, 0.05) is 18.2 Å². The highest BCUT2D eigenvalue weighted by atomic mass is 15.3. The first kappa shape index (κ1) is 10.7. The van der Waals surface area contributed by atoms with E-state index in [1.165, 1.54) is 11.1 Å². The Hall–Kier alpha value is -1.77. The number of benzene rings is 1. The van der Waals surface area contributed by atoms with Crippen molar-refractivity contribution < 1.29 is 0 Å². The van der Waals surface area contributed by atoms with Crippen molar-refractivity contribution >= 4 is 5.82 Å². The molecule has 2 aromatic rings. The van der Waals surface area contributed by atoms with Gasteiger partial charge in [0.1, 0.15) is 5.82 Å². The molecule has 3 nitrogen and oxygen atoms in total. The van der Waals surface area contributed by atoms with E-state index in [9.17, 15) is 0 Å². The van der Waals surface area contributed by atoms with Gasteiger partial charge >= 0.3 is 0 Å². The van der Waals surface area contributed by atoms with E-state index in [2.05, 4.69) is 30.2 Å². The van der Waals surface area contributed by atoms with Crippen LogP contribution in [0.4, 0.5) is 5.82 Å². The number of nitrogen functional groups attached to an aromatic ring is 1. The minimum absolute atomic E-state index is 0.737. The highest BCUT2D eigenvalue weighted by molar-refractivity contribution is 5.70. The van der Waals surface area contributed by atoms with E-state index >= 15 is 0 Å². The second kappa shape index (κ2) is 4.00. The minimum Gasteiger partial charge on any atom is -0.384 e. The van der Waals surface area contributed by atoms with Crippen molar-refractivity contribution in [3.63, 3.8) is 0 Å². The standard InChI is InChI=1S/C13H17N3/c1-4-10-7-5-6-8-11(10)12-9(2)13(14)16(3)15-12/h5-8H,4,14H2,1-3H3. The van der Waals surface area contributed by atoms with Gasteiger partial charge < -0.3 is 5.73 Å². The lowest BCUT2D eigenvalue weighted by molar-refractivity contribution is 0.781. The van der Waals surface area contributed by atoms with Crippen LogP contribution in [0.15, 0.2) is 24.3 Å².